The average Bonchev–Trinajstić information content (AvgIpc) is 1.85. The molecule has 10 heavy (non-hydrogen) atoms. The van der Waals surface area contributed by atoms with E-state index in [2.05, 4.69) is 10.6 Å². The van der Waals surface area contributed by atoms with E-state index in [1.807, 2.05) is 0 Å². The van der Waals surface area contributed by atoms with Crippen LogP contribution in [0.3, 0.4) is 0 Å². The van der Waals surface area contributed by atoms with Gasteiger partial charge in [-0.25, -0.2) is 0 Å². The van der Waals surface area contributed by atoms with Crippen LogP contribution in [0.4, 0.5) is 0 Å². The fourth-order valence-corrected chi connectivity index (χ4v) is 1.32. The van der Waals surface area contributed by atoms with Crippen molar-refractivity contribution >= 4 is 5.91 Å². The van der Waals surface area contributed by atoms with Gasteiger partial charge in [0.25, 0.3) is 0 Å². The van der Waals surface area contributed by atoms with E-state index in [1.165, 1.54) is 0 Å². The number of hydrogen-bond donors (Lipinski definition) is 2. The Labute approximate surface area is 58.9 Å². The standard InChI is InChI=1S/C6H10N2O2/c9-5-1-7-2-6(8-5)3-10-4-6/h7H,1-4H2,(H,8,9). The van der Waals surface area contributed by atoms with Crippen molar-refractivity contribution in [2.75, 3.05) is 26.3 Å². The number of piperazine rings is 1. The zero-order chi connectivity index (χ0) is 7.03. The van der Waals surface area contributed by atoms with Gasteiger partial charge in [0.15, 0.2) is 0 Å². The number of carbonyl (C=O) groups excluding carboxylic acids is 1. The molecule has 0 saturated carbocycles. The Bertz CT molecular complexity index is 165. The Balaban J connectivity index is 2.02. The molecule has 2 aliphatic heterocycles. The van der Waals surface area contributed by atoms with Crippen LogP contribution in [0.25, 0.3) is 0 Å². The predicted octanol–water partition coefficient (Wildman–Crippen LogP) is -1.53. The van der Waals surface area contributed by atoms with Gasteiger partial charge >= 0.3 is 0 Å². The van der Waals surface area contributed by atoms with Crippen LogP contribution in [0.5, 0.6) is 0 Å². The lowest BCUT2D eigenvalue weighted by Crippen LogP contribution is -2.71. The molecule has 0 atom stereocenters. The third-order valence-corrected chi connectivity index (χ3v) is 1.91. The molecule has 4 nitrogen and oxygen atoms in total. The van der Waals surface area contributed by atoms with Crippen molar-refractivity contribution in [3.63, 3.8) is 0 Å². The molecule has 0 aromatic carbocycles. The first-order valence-electron chi connectivity index (χ1n) is 3.40. The van der Waals surface area contributed by atoms with Crippen molar-refractivity contribution in [2.24, 2.45) is 0 Å². The van der Waals surface area contributed by atoms with Gasteiger partial charge in [0.2, 0.25) is 5.91 Å². The fourth-order valence-electron chi connectivity index (χ4n) is 1.32. The normalized spacial score (nSPS) is 29.4. The van der Waals surface area contributed by atoms with E-state index in [4.69, 9.17) is 4.74 Å². The Kier molecular flexibility index (Phi) is 1.18. The van der Waals surface area contributed by atoms with Gasteiger partial charge in [-0.3, -0.25) is 4.79 Å². The van der Waals surface area contributed by atoms with Crippen LogP contribution >= 0.6 is 0 Å². The Hall–Kier alpha value is -0.610. The monoisotopic (exact) mass is 142 g/mol. The summed E-state index contributed by atoms with van der Waals surface area (Å²) in [7, 11) is 0. The summed E-state index contributed by atoms with van der Waals surface area (Å²) in [6.07, 6.45) is 0. The lowest BCUT2D eigenvalue weighted by atomic mass is 9.95. The van der Waals surface area contributed by atoms with Crippen LogP contribution in [0.1, 0.15) is 0 Å². The molecule has 2 heterocycles. The van der Waals surface area contributed by atoms with Crippen LogP contribution in [0.2, 0.25) is 0 Å². The Morgan fingerprint density at radius 3 is 2.70 bits per heavy atom. The van der Waals surface area contributed by atoms with E-state index >= 15 is 0 Å². The highest BCUT2D eigenvalue weighted by Crippen LogP contribution is 2.16. The number of nitrogens with one attached hydrogen (secondary N) is 2. The molecule has 1 spiro atoms. The summed E-state index contributed by atoms with van der Waals surface area (Å²) in [5, 5.41) is 5.94. The highest BCUT2D eigenvalue weighted by Gasteiger charge is 2.41. The van der Waals surface area contributed by atoms with Gasteiger partial charge in [-0.05, 0) is 0 Å². The molecule has 0 aliphatic carbocycles. The van der Waals surface area contributed by atoms with Gasteiger partial charge in [-0.2, -0.15) is 0 Å². The lowest BCUT2D eigenvalue weighted by molar-refractivity contribution is -0.136. The molecule has 2 fully saturated rings. The fraction of sp³-hybridized carbons (Fsp3) is 0.833. The van der Waals surface area contributed by atoms with Gasteiger partial charge in [0.1, 0.15) is 0 Å². The molecule has 0 aromatic rings. The summed E-state index contributed by atoms with van der Waals surface area (Å²) in [6.45, 7) is 2.61. The number of hydrogen-bond acceptors (Lipinski definition) is 3. The highest BCUT2D eigenvalue weighted by molar-refractivity contribution is 5.80. The number of amides is 1. The number of rotatable bonds is 0. The van der Waals surface area contributed by atoms with Crippen molar-refractivity contribution < 1.29 is 9.53 Å². The topological polar surface area (TPSA) is 50.4 Å². The first-order chi connectivity index (χ1) is 4.81. The second-order valence-corrected chi connectivity index (χ2v) is 2.92. The van der Waals surface area contributed by atoms with E-state index in [0.717, 1.165) is 6.54 Å². The molecule has 2 aliphatic rings. The summed E-state index contributed by atoms with van der Waals surface area (Å²) in [5.74, 6) is 0.0783. The smallest absolute Gasteiger partial charge is 0.234 e. The number of carbonyl (C=O) groups is 1. The Morgan fingerprint density at radius 2 is 2.30 bits per heavy atom. The van der Waals surface area contributed by atoms with Crippen LogP contribution < -0.4 is 10.6 Å². The maximum atomic E-state index is 10.8. The van der Waals surface area contributed by atoms with Gasteiger partial charge in [-0.1, -0.05) is 0 Å². The Morgan fingerprint density at radius 1 is 1.50 bits per heavy atom. The largest absolute Gasteiger partial charge is 0.376 e. The minimum Gasteiger partial charge on any atom is -0.376 e. The molecule has 0 bridgehead atoms. The summed E-state index contributed by atoms with van der Waals surface area (Å²) in [5.41, 5.74) is -0.0602. The molecule has 0 aromatic heterocycles. The zero-order valence-corrected chi connectivity index (χ0v) is 5.64. The molecule has 56 valence electrons. The van der Waals surface area contributed by atoms with Gasteiger partial charge < -0.3 is 15.4 Å². The third-order valence-electron chi connectivity index (χ3n) is 1.91. The summed E-state index contributed by atoms with van der Waals surface area (Å²) < 4.78 is 5.01. The van der Waals surface area contributed by atoms with Crippen LogP contribution in [0.15, 0.2) is 0 Å². The van der Waals surface area contributed by atoms with Crippen molar-refractivity contribution in [1.29, 1.82) is 0 Å². The second-order valence-electron chi connectivity index (χ2n) is 2.92. The first-order valence-corrected chi connectivity index (χ1v) is 3.40. The van der Waals surface area contributed by atoms with E-state index in [-0.39, 0.29) is 11.4 Å². The molecule has 1 amide bonds. The minimum atomic E-state index is -0.0602. The quantitative estimate of drug-likeness (QED) is 0.431. The minimum absolute atomic E-state index is 0.0602. The maximum absolute atomic E-state index is 10.8. The van der Waals surface area contributed by atoms with Crippen LogP contribution in [0, 0.1) is 0 Å². The maximum Gasteiger partial charge on any atom is 0.234 e. The molecule has 2 N–H and O–H groups in total. The van der Waals surface area contributed by atoms with E-state index < -0.39 is 0 Å². The van der Waals surface area contributed by atoms with E-state index in [1.54, 1.807) is 0 Å². The van der Waals surface area contributed by atoms with E-state index in [0.29, 0.717) is 19.8 Å². The van der Waals surface area contributed by atoms with Gasteiger partial charge in [0.05, 0.1) is 25.3 Å². The first kappa shape index (κ1) is 6.12. The lowest BCUT2D eigenvalue weighted by Gasteiger charge is -2.44. The van der Waals surface area contributed by atoms with Gasteiger partial charge in [-0.15, -0.1) is 0 Å². The predicted molar refractivity (Wildman–Crippen MR) is 34.6 cm³/mol. The van der Waals surface area contributed by atoms with Crippen molar-refractivity contribution in [1.82, 2.24) is 10.6 Å². The highest BCUT2D eigenvalue weighted by atomic mass is 16.5. The summed E-state index contributed by atoms with van der Waals surface area (Å²) in [6, 6.07) is 0. The van der Waals surface area contributed by atoms with Gasteiger partial charge in [0, 0.05) is 6.54 Å². The zero-order valence-electron chi connectivity index (χ0n) is 5.64. The van der Waals surface area contributed by atoms with Crippen LogP contribution in [-0.4, -0.2) is 37.7 Å². The molecular weight excluding hydrogens is 132 g/mol. The molecule has 0 unspecified atom stereocenters. The summed E-state index contributed by atoms with van der Waals surface area (Å²) >= 11 is 0. The van der Waals surface area contributed by atoms with Crippen LogP contribution in [-0.2, 0) is 9.53 Å². The van der Waals surface area contributed by atoms with E-state index in [9.17, 15) is 4.79 Å². The molecule has 0 radical (unpaired) electrons. The number of ether oxygens (including phenoxy) is 1. The van der Waals surface area contributed by atoms with Crippen molar-refractivity contribution in [3.8, 4) is 0 Å². The third kappa shape index (κ3) is 0.803. The molecule has 2 rings (SSSR count). The SMILES string of the molecule is O=C1CNCC2(COC2)N1. The average molecular weight is 142 g/mol. The summed E-state index contributed by atoms with van der Waals surface area (Å²) in [4.78, 5) is 10.8. The van der Waals surface area contributed by atoms with Crippen molar-refractivity contribution in [3.05, 3.63) is 0 Å². The van der Waals surface area contributed by atoms with Crippen molar-refractivity contribution in [2.45, 2.75) is 5.54 Å². The molecule has 4 heteroatoms. The molecule has 2 saturated heterocycles. The molecular formula is C6H10N2O2. The second kappa shape index (κ2) is 1.93.